The number of aliphatic imine (C=N–C) groups is 1. The third-order valence-corrected chi connectivity index (χ3v) is 5.23. The van der Waals surface area contributed by atoms with Crippen molar-refractivity contribution in [3.05, 3.63) is 12.2 Å². The molecule has 0 unspecified atom stereocenters. The lowest BCUT2D eigenvalue weighted by Gasteiger charge is -2.22. The Kier molecular flexibility index (Phi) is 8.12. The van der Waals surface area contributed by atoms with Gasteiger partial charge in [0.1, 0.15) is 0 Å². The third-order valence-electron chi connectivity index (χ3n) is 3.90. The van der Waals surface area contributed by atoms with Gasteiger partial charge in [-0.05, 0) is 32.6 Å². The SMILES string of the molecule is CCNC(=NC[C@H]1CCCN1S(C)(=O)=O)NC1CC=CC1.I. The topological polar surface area (TPSA) is 73.8 Å². The van der Waals surface area contributed by atoms with Crippen molar-refractivity contribution in [3.8, 4) is 0 Å². The molecule has 0 amide bonds. The van der Waals surface area contributed by atoms with E-state index in [1.165, 1.54) is 6.26 Å². The molecule has 0 bridgehead atoms. The molecule has 0 aromatic heterocycles. The first-order valence-electron chi connectivity index (χ1n) is 7.67. The summed E-state index contributed by atoms with van der Waals surface area (Å²) >= 11 is 0. The maximum absolute atomic E-state index is 11.7. The third kappa shape index (κ3) is 5.69. The molecule has 1 aliphatic heterocycles. The van der Waals surface area contributed by atoms with E-state index in [4.69, 9.17) is 0 Å². The van der Waals surface area contributed by atoms with E-state index in [1.807, 2.05) is 6.92 Å². The first-order valence-corrected chi connectivity index (χ1v) is 9.52. The van der Waals surface area contributed by atoms with Gasteiger partial charge >= 0.3 is 0 Å². The van der Waals surface area contributed by atoms with Crippen LogP contribution in [0.25, 0.3) is 0 Å². The van der Waals surface area contributed by atoms with E-state index >= 15 is 0 Å². The van der Waals surface area contributed by atoms with Gasteiger partial charge in [0.05, 0.1) is 12.8 Å². The largest absolute Gasteiger partial charge is 0.357 e. The average Bonchev–Trinajstić information content (AvgIpc) is 3.06. The number of nitrogens with one attached hydrogen (secondary N) is 2. The lowest BCUT2D eigenvalue weighted by molar-refractivity contribution is 0.396. The summed E-state index contributed by atoms with van der Waals surface area (Å²) in [7, 11) is -3.12. The molecule has 2 aliphatic rings. The van der Waals surface area contributed by atoms with Crippen LogP contribution in [0.5, 0.6) is 0 Å². The fraction of sp³-hybridized carbons (Fsp3) is 0.786. The second-order valence-electron chi connectivity index (χ2n) is 5.67. The molecular weight excluding hydrogens is 415 g/mol. The maximum atomic E-state index is 11.7. The highest BCUT2D eigenvalue weighted by Gasteiger charge is 2.31. The lowest BCUT2D eigenvalue weighted by atomic mass is 10.2. The van der Waals surface area contributed by atoms with Crippen molar-refractivity contribution >= 4 is 40.0 Å². The van der Waals surface area contributed by atoms with Crippen molar-refractivity contribution in [1.29, 1.82) is 0 Å². The Bertz CT molecular complexity index is 499. The van der Waals surface area contributed by atoms with Gasteiger partial charge in [-0.25, -0.2) is 8.42 Å². The second-order valence-corrected chi connectivity index (χ2v) is 7.61. The minimum absolute atomic E-state index is 0. The van der Waals surface area contributed by atoms with E-state index in [-0.39, 0.29) is 30.0 Å². The highest BCUT2D eigenvalue weighted by molar-refractivity contribution is 14.0. The molecule has 8 heteroatoms. The molecule has 0 radical (unpaired) electrons. The van der Waals surface area contributed by atoms with E-state index in [0.29, 0.717) is 19.1 Å². The zero-order valence-corrected chi connectivity index (χ0v) is 16.4. The van der Waals surface area contributed by atoms with Gasteiger partial charge < -0.3 is 10.6 Å². The van der Waals surface area contributed by atoms with Crippen LogP contribution in [0.2, 0.25) is 0 Å². The summed E-state index contributed by atoms with van der Waals surface area (Å²) in [6.45, 7) is 3.97. The monoisotopic (exact) mass is 442 g/mol. The minimum atomic E-state index is -3.12. The van der Waals surface area contributed by atoms with Crippen LogP contribution in [-0.4, -0.2) is 56.7 Å². The molecule has 1 aliphatic carbocycles. The summed E-state index contributed by atoms with van der Waals surface area (Å²) in [6.07, 6.45) is 9.47. The second kappa shape index (κ2) is 9.07. The smallest absolute Gasteiger partial charge is 0.211 e. The number of guanidine groups is 1. The zero-order chi connectivity index (χ0) is 15.3. The van der Waals surface area contributed by atoms with Crippen LogP contribution in [-0.2, 0) is 10.0 Å². The van der Waals surface area contributed by atoms with Crippen molar-refractivity contribution in [3.63, 3.8) is 0 Å². The molecule has 1 fully saturated rings. The summed E-state index contributed by atoms with van der Waals surface area (Å²) in [6, 6.07) is 0.398. The van der Waals surface area contributed by atoms with E-state index in [1.54, 1.807) is 4.31 Å². The van der Waals surface area contributed by atoms with Crippen LogP contribution >= 0.6 is 24.0 Å². The zero-order valence-electron chi connectivity index (χ0n) is 13.3. The quantitative estimate of drug-likeness (QED) is 0.292. The van der Waals surface area contributed by atoms with Gasteiger partial charge in [-0.1, -0.05) is 12.2 Å². The van der Waals surface area contributed by atoms with Gasteiger partial charge in [0.15, 0.2) is 5.96 Å². The molecule has 0 aromatic carbocycles. The van der Waals surface area contributed by atoms with Gasteiger partial charge in [-0.2, -0.15) is 4.31 Å². The lowest BCUT2D eigenvalue weighted by Crippen LogP contribution is -2.43. The van der Waals surface area contributed by atoms with Gasteiger partial charge in [-0.15, -0.1) is 24.0 Å². The van der Waals surface area contributed by atoms with E-state index in [2.05, 4.69) is 27.8 Å². The average molecular weight is 442 g/mol. The predicted molar refractivity (Wildman–Crippen MR) is 101 cm³/mol. The molecule has 1 heterocycles. The number of sulfonamides is 1. The van der Waals surface area contributed by atoms with Crippen LogP contribution < -0.4 is 10.6 Å². The fourth-order valence-electron chi connectivity index (χ4n) is 2.87. The van der Waals surface area contributed by atoms with E-state index in [0.717, 1.165) is 38.2 Å². The Morgan fingerprint density at radius 1 is 1.36 bits per heavy atom. The number of halogens is 1. The highest BCUT2D eigenvalue weighted by atomic mass is 127. The molecular formula is C14H27IN4O2S. The number of rotatable bonds is 5. The first kappa shape index (κ1) is 19.7. The highest BCUT2D eigenvalue weighted by Crippen LogP contribution is 2.20. The van der Waals surface area contributed by atoms with Gasteiger partial charge in [0.25, 0.3) is 0 Å². The van der Waals surface area contributed by atoms with Crippen molar-refractivity contribution in [2.75, 3.05) is 25.9 Å². The summed E-state index contributed by atoms with van der Waals surface area (Å²) < 4.78 is 25.0. The van der Waals surface area contributed by atoms with Crippen molar-refractivity contribution in [2.45, 2.75) is 44.7 Å². The molecule has 6 nitrogen and oxygen atoms in total. The number of hydrogen-bond acceptors (Lipinski definition) is 3. The van der Waals surface area contributed by atoms with E-state index in [9.17, 15) is 8.42 Å². The predicted octanol–water partition coefficient (Wildman–Crippen LogP) is 1.30. The normalized spacial score (nSPS) is 23.5. The Hall–Kier alpha value is -0.350. The Morgan fingerprint density at radius 2 is 2.05 bits per heavy atom. The van der Waals surface area contributed by atoms with Crippen molar-refractivity contribution in [2.24, 2.45) is 4.99 Å². The Morgan fingerprint density at radius 3 is 2.64 bits per heavy atom. The molecule has 0 spiro atoms. The maximum Gasteiger partial charge on any atom is 0.211 e. The Balaban J connectivity index is 0.00000242. The fourth-order valence-corrected chi connectivity index (χ4v) is 4.05. The molecule has 2 N–H and O–H groups in total. The summed E-state index contributed by atoms with van der Waals surface area (Å²) in [5, 5.41) is 6.63. The molecule has 0 aromatic rings. The van der Waals surface area contributed by atoms with Gasteiger partial charge in [-0.3, -0.25) is 4.99 Å². The molecule has 2 rings (SSSR count). The van der Waals surface area contributed by atoms with E-state index < -0.39 is 10.0 Å². The Labute approximate surface area is 150 Å². The van der Waals surface area contributed by atoms with Gasteiger partial charge in [0.2, 0.25) is 10.0 Å². The summed E-state index contributed by atoms with van der Waals surface area (Å²) in [5.74, 6) is 0.784. The minimum Gasteiger partial charge on any atom is -0.357 e. The molecule has 128 valence electrons. The molecule has 1 saturated heterocycles. The summed E-state index contributed by atoms with van der Waals surface area (Å²) in [4.78, 5) is 4.58. The molecule has 22 heavy (non-hydrogen) atoms. The van der Waals surface area contributed by atoms with Crippen LogP contribution in [0.15, 0.2) is 17.1 Å². The first-order chi connectivity index (χ1) is 10.0. The molecule has 0 saturated carbocycles. The number of nitrogens with zero attached hydrogens (tertiary/aromatic N) is 2. The standard InChI is InChI=1S/C14H26N4O2S.HI/c1-3-15-14(17-12-7-4-5-8-12)16-11-13-9-6-10-18(13)21(2,19)20;/h4-5,12-13H,3,6-11H2,1-2H3,(H2,15,16,17);1H/t13-;/m1./s1. The van der Waals surface area contributed by atoms with Crippen LogP contribution in [0.4, 0.5) is 0 Å². The van der Waals surface area contributed by atoms with Crippen molar-refractivity contribution in [1.82, 2.24) is 14.9 Å². The summed E-state index contributed by atoms with van der Waals surface area (Å²) in [5.41, 5.74) is 0. The van der Waals surface area contributed by atoms with Crippen LogP contribution in [0, 0.1) is 0 Å². The van der Waals surface area contributed by atoms with Crippen LogP contribution in [0.1, 0.15) is 32.6 Å². The number of hydrogen-bond donors (Lipinski definition) is 2. The van der Waals surface area contributed by atoms with Crippen LogP contribution in [0.3, 0.4) is 0 Å². The van der Waals surface area contributed by atoms with Gasteiger partial charge in [0, 0.05) is 25.2 Å². The van der Waals surface area contributed by atoms with Crippen molar-refractivity contribution < 1.29 is 8.42 Å². The molecule has 1 atom stereocenters.